The van der Waals surface area contributed by atoms with Crippen molar-refractivity contribution in [3.63, 3.8) is 0 Å². The molecule has 0 amide bonds. The van der Waals surface area contributed by atoms with E-state index in [1.165, 1.54) is 6.42 Å². The number of hydrogen-bond acceptors (Lipinski definition) is 6. The lowest BCUT2D eigenvalue weighted by Gasteiger charge is -2.54. The third kappa shape index (κ3) is 2.32. The second-order valence-corrected chi connectivity index (χ2v) is 12.3. The topological polar surface area (TPSA) is 99.4 Å². The summed E-state index contributed by atoms with van der Waals surface area (Å²) in [5.41, 5.74) is 0.0653. The molecule has 0 aromatic carbocycles. The molecule has 4 fully saturated rings. The molecule has 0 aromatic rings. The molecular weight excluding hydrogens is 408 g/mol. The van der Waals surface area contributed by atoms with E-state index in [0.29, 0.717) is 11.5 Å². The second-order valence-electron chi connectivity index (χ2n) is 12.3. The van der Waals surface area contributed by atoms with Gasteiger partial charge in [-0.05, 0) is 54.9 Å². The highest BCUT2D eigenvalue weighted by Crippen LogP contribution is 2.68. The Morgan fingerprint density at radius 2 is 1.81 bits per heavy atom. The van der Waals surface area contributed by atoms with Gasteiger partial charge in [-0.25, -0.2) is 0 Å². The molecule has 2 saturated carbocycles. The van der Waals surface area contributed by atoms with E-state index >= 15 is 0 Å². The fraction of sp³-hybridized carbons (Fsp3) is 0.846. The van der Waals surface area contributed by atoms with Gasteiger partial charge in [-0.15, -0.1) is 0 Å². The van der Waals surface area contributed by atoms with E-state index in [1.54, 1.807) is 11.1 Å². The van der Waals surface area contributed by atoms with E-state index in [1.807, 2.05) is 0 Å². The SMILES string of the molecule is CC(C)C1=C2[C@H]3CC=C4[C@@H](O)[C@@]5(O)CCO[C@H]6O[C@@H]([C@@H]4[C@@]6(O)[C@H]5O)[C@]3(C)CC[C@@]2(C)CC1. The fourth-order valence-electron chi connectivity index (χ4n) is 8.61. The van der Waals surface area contributed by atoms with Crippen LogP contribution in [0.25, 0.3) is 0 Å². The van der Waals surface area contributed by atoms with Gasteiger partial charge in [0, 0.05) is 17.8 Å². The number of aliphatic hydroxyl groups excluding tert-OH is 2. The molecule has 178 valence electrons. The highest BCUT2D eigenvalue weighted by Gasteiger charge is 2.75. The summed E-state index contributed by atoms with van der Waals surface area (Å²) >= 11 is 0. The van der Waals surface area contributed by atoms with Gasteiger partial charge in [0.15, 0.2) is 11.9 Å². The van der Waals surface area contributed by atoms with Gasteiger partial charge < -0.3 is 29.9 Å². The van der Waals surface area contributed by atoms with Gasteiger partial charge in [0.05, 0.1) is 12.7 Å². The van der Waals surface area contributed by atoms with Crippen LogP contribution in [0.2, 0.25) is 0 Å². The lowest BCUT2D eigenvalue weighted by molar-refractivity contribution is -0.259. The van der Waals surface area contributed by atoms with Crippen molar-refractivity contribution >= 4 is 0 Å². The number of aliphatic hydroxyl groups is 4. The van der Waals surface area contributed by atoms with Crippen molar-refractivity contribution in [2.45, 2.75) is 102 Å². The molecule has 0 aromatic heterocycles. The molecule has 4 N–H and O–H groups in total. The smallest absolute Gasteiger partial charge is 0.190 e. The minimum Gasteiger partial charge on any atom is -0.387 e. The number of hydrogen-bond donors (Lipinski definition) is 4. The molecule has 6 nitrogen and oxygen atoms in total. The van der Waals surface area contributed by atoms with Gasteiger partial charge in [0.1, 0.15) is 17.8 Å². The third-order valence-corrected chi connectivity index (χ3v) is 10.5. The van der Waals surface area contributed by atoms with Crippen LogP contribution in [-0.2, 0) is 9.47 Å². The molecule has 2 heterocycles. The third-order valence-electron chi connectivity index (χ3n) is 10.5. The summed E-state index contributed by atoms with van der Waals surface area (Å²) in [6.45, 7) is 9.37. The highest BCUT2D eigenvalue weighted by atomic mass is 16.7. The van der Waals surface area contributed by atoms with E-state index in [4.69, 9.17) is 9.47 Å². The number of fused-ring (bicyclic) bond motifs is 5. The van der Waals surface area contributed by atoms with Crippen molar-refractivity contribution in [3.8, 4) is 0 Å². The summed E-state index contributed by atoms with van der Waals surface area (Å²) in [4.78, 5) is 0. The van der Waals surface area contributed by atoms with Crippen LogP contribution in [0.3, 0.4) is 0 Å². The van der Waals surface area contributed by atoms with Crippen LogP contribution in [0.5, 0.6) is 0 Å². The first-order valence-corrected chi connectivity index (χ1v) is 12.5. The first-order valence-electron chi connectivity index (χ1n) is 12.5. The predicted octanol–water partition coefficient (Wildman–Crippen LogP) is 2.44. The first kappa shape index (κ1) is 21.8. The summed E-state index contributed by atoms with van der Waals surface area (Å²) in [5.74, 6) is 0.134. The van der Waals surface area contributed by atoms with E-state index in [9.17, 15) is 20.4 Å². The van der Waals surface area contributed by atoms with Gasteiger partial charge in [-0.2, -0.15) is 0 Å². The Balaban J connectivity index is 1.55. The standard InChI is InChI=1S/C26H38O6/c1-13(2)14-7-8-23(3)9-10-24(4)16(17(14)23)6-5-15-18-20(24)32-22-26(18,30)21(28)25(29,19(15)27)11-12-31-22/h5,13,16,18-22,27-30H,6-12H2,1-4H3/t16-,18-,19-,20+,21+,22+,23-,24-,25+,26-/m1/s1. The minimum atomic E-state index is -1.84. The Morgan fingerprint density at radius 1 is 1.06 bits per heavy atom. The largest absolute Gasteiger partial charge is 0.387 e. The zero-order valence-electron chi connectivity index (χ0n) is 19.7. The number of allylic oxidation sites excluding steroid dienone is 3. The maximum absolute atomic E-state index is 11.9. The van der Waals surface area contributed by atoms with Gasteiger partial charge >= 0.3 is 0 Å². The molecule has 0 radical (unpaired) electrons. The molecule has 6 heteroatoms. The van der Waals surface area contributed by atoms with Crippen molar-refractivity contribution in [3.05, 3.63) is 22.8 Å². The van der Waals surface area contributed by atoms with Crippen molar-refractivity contribution in [2.24, 2.45) is 28.6 Å². The quantitative estimate of drug-likeness (QED) is 0.462. The average Bonchev–Trinajstić information content (AvgIpc) is 3.18. The van der Waals surface area contributed by atoms with E-state index in [2.05, 4.69) is 33.8 Å². The van der Waals surface area contributed by atoms with Crippen LogP contribution in [0.1, 0.15) is 66.2 Å². The van der Waals surface area contributed by atoms with Crippen LogP contribution in [-0.4, -0.2) is 62.8 Å². The lowest BCUT2D eigenvalue weighted by atomic mass is 9.52. The summed E-state index contributed by atoms with van der Waals surface area (Å²) in [6.07, 6.45) is 3.05. The van der Waals surface area contributed by atoms with Crippen molar-refractivity contribution < 1.29 is 29.9 Å². The summed E-state index contributed by atoms with van der Waals surface area (Å²) in [7, 11) is 0. The highest BCUT2D eigenvalue weighted by molar-refractivity contribution is 5.41. The van der Waals surface area contributed by atoms with Gasteiger partial charge in [0.2, 0.25) is 0 Å². The molecule has 6 aliphatic rings. The zero-order chi connectivity index (χ0) is 22.8. The maximum Gasteiger partial charge on any atom is 0.190 e. The Morgan fingerprint density at radius 3 is 2.53 bits per heavy atom. The van der Waals surface area contributed by atoms with Crippen LogP contribution in [0.4, 0.5) is 0 Å². The van der Waals surface area contributed by atoms with Crippen LogP contribution in [0, 0.1) is 28.6 Å². The predicted molar refractivity (Wildman–Crippen MR) is 117 cm³/mol. The summed E-state index contributed by atoms with van der Waals surface area (Å²) in [6, 6.07) is 0. The Bertz CT molecular complexity index is 910. The maximum atomic E-state index is 11.9. The molecule has 10 atom stereocenters. The van der Waals surface area contributed by atoms with Gasteiger partial charge in [-0.3, -0.25) is 0 Å². The minimum absolute atomic E-state index is 0.0493. The van der Waals surface area contributed by atoms with Crippen LogP contribution < -0.4 is 0 Å². The Labute approximate surface area is 190 Å². The molecule has 6 rings (SSSR count). The number of ether oxygens (including phenoxy) is 2. The van der Waals surface area contributed by atoms with Crippen molar-refractivity contribution in [2.75, 3.05) is 6.61 Å². The van der Waals surface area contributed by atoms with Gasteiger partial charge in [0.25, 0.3) is 0 Å². The molecule has 4 aliphatic carbocycles. The molecule has 2 saturated heterocycles. The monoisotopic (exact) mass is 446 g/mol. The Kier molecular flexibility index (Phi) is 4.39. The van der Waals surface area contributed by atoms with E-state index < -0.39 is 41.7 Å². The zero-order valence-corrected chi connectivity index (χ0v) is 19.7. The summed E-state index contributed by atoms with van der Waals surface area (Å²) < 4.78 is 12.4. The Hall–Kier alpha value is -0.760. The van der Waals surface area contributed by atoms with E-state index in [-0.39, 0.29) is 29.8 Å². The first-order chi connectivity index (χ1) is 15.0. The normalized spacial score (nSPS) is 56.5. The van der Waals surface area contributed by atoms with Crippen molar-refractivity contribution in [1.82, 2.24) is 0 Å². The fourth-order valence-corrected chi connectivity index (χ4v) is 8.61. The average molecular weight is 447 g/mol. The van der Waals surface area contributed by atoms with Crippen LogP contribution in [0.15, 0.2) is 22.8 Å². The molecule has 2 aliphatic heterocycles. The molecule has 0 spiro atoms. The van der Waals surface area contributed by atoms with Crippen LogP contribution >= 0.6 is 0 Å². The number of rotatable bonds is 1. The molecule has 2 bridgehead atoms. The van der Waals surface area contributed by atoms with Gasteiger partial charge in [-0.1, -0.05) is 44.9 Å². The second kappa shape index (κ2) is 6.46. The van der Waals surface area contributed by atoms with E-state index in [0.717, 1.165) is 25.7 Å². The molecular formula is C26H38O6. The molecule has 32 heavy (non-hydrogen) atoms. The summed E-state index contributed by atoms with van der Waals surface area (Å²) in [5, 5.41) is 45.8. The lowest BCUT2D eigenvalue weighted by Crippen LogP contribution is -2.71. The van der Waals surface area contributed by atoms with Crippen molar-refractivity contribution in [1.29, 1.82) is 0 Å². The molecule has 0 unspecified atom stereocenters.